The molecule has 1 saturated carbocycles. The minimum Gasteiger partial charge on any atom is -0.355 e. The molecule has 4 nitrogen and oxygen atoms in total. The van der Waals surface area contributed by atoms with Crippen LogP contribution in [0.2, 0.25) is 0 Å². The third kappa shape index (κ3) is 8.00. The lowest BCUT2D eigenvalue weighted by Crippen LogP contribution is -2.42. The van der Waals surface area contributed by atoms with Crippen LogP contribution < -0.4 is 10.6 Å². The second kappa shape index (κ2) is 12.4. The summed E-state index contributed by atoms with van der Waals surface area (Å²) in [5.74, 6) is 0.504. The highest BCUT2D eigenvalue weighted by molar-refractivity contribution is 5.85. The third-order valence-electron chi connectivity index (χ3n) is 4.80. The first-order chi connectivity index (χ1) is 9.75. The molecule has 0 aromatic rings. The Balaban J connectivity index is 0.00000220. The molecule has 0 unspecified atom stereocenters. The smallest absolute Gasteiger partial charge is 0.223 e. The van der Waals surface area contributed by atoms with E-state index in [1.165, 1.54) is 38.5 Å². The van der Waals surface area contributed by atoms with Gasteiger partial charge in [-0.25, -0.2) is 0 Å². The Bertz CT molecular complexity index is 289. The molecule has 0 atom stereocenters. The molecule has 2 N–H and O–H groups in total. The number of nitrogens with zero attached hydrogens (tertiary/aromatic N) is 1. The van der Waals surface area contributed by atoms with Gasteiger partial charge in [0.15, 0.2) is 0 Å². The van der Waals surface area contributed by atoms with Gasteiger partial charge >= 0.3 is 0 Å². The number of piperidine rings is 1. The van der Waals surface area contributed by atoms with E-state index in [1.54, 1.807) is 0 Å². The van der Waals surface area contributed by atoms with E-state index in [2.05, 4.69) is 22.6 Å². The van der Waals surface area contributed by atoms with Gasteiger partial charge in [0.1, 0.15) is 0 Å². The first-order valence-electron chi connectivity index (χ1n) is 8.45. The largest absolute Gasteiger partial charge is 0.355 e. The monoisotopic (exact) mass is 353 g/mol. The second-order valence-corrected chi connectivity index (χ2v) is 6.51. The summed E-state index contributed by atoms with van der Waals surface area (Å²) in [4.78, 5) is 14.4. The molecule has 1 amide bonds. The predicted octanol–water partition coefficient (Wildman–Crippen LogP) is 2.60. The lowest BCUT2D eigenvalue weighted by Gasteiger charge is -2.28. The Labute approximate surface area is 148 Å². The summed E-state index contributed by atoms with van der Waals surface area (Å²) in [5.41, 5.74) is 0. The molecule has 0 spiro atoms. The van der Waals surface area contributed by atoms with Crippen LogP contribution in [0, 0.1) is 5.92 Å². The Hall–Kier alpha value is -0.0300. The molecule has 22 heavy (non-hydrogen) atoms. The van der Waals surface area contributed by atoms with Crippen LogP contribution in [0.5, 0.6) is 0 Å². The van der Waals surface area contributed by atoms with E-state index in [0.717, 1.165) is 39.0 Å². The van der Waals surface area contributed by atoms with Crippen molar-refractivity contribution in [2.45, 2.75) is 57.4 Å². The van der Waals surface area contributed by atoms with Crippen molar-refractivity contribution in [3.63, 3.8) is 0 Å². The molecule has 0 aromatic carbocycles. The van der Waals surface area contributed by atoms with E-state index in [4.69, 9.17) is 0 Å². The molecule has 2 rings (SSSR count). The molecule has 0 bridgehead atoms. The summed E-state index contributed by atoms with van der Waals surface area (Å²) in [6.45, 7) is 3.81. The number of carbonyl (C=O) groups excluding carboxylic acids is 1. The van der Waals surface area contributed by atoms with Gasteiger partial charge in [-0.05, 0) is 45.8 Å². The SMILES string of the molecule is CN1CCC(C(=O)NCCNC2CCCCCC2)CC1.Cl.Cl. The zero-order valence-electron chi connectivity index (χ0n) is 13.8. The molecular weight excluding hydrogens is 321 g/mol. The lowest BCUT2D eigenvalue weighted by molar-refractivity contribution is -0.126. The van der Waals surface area contributed by atoms with Crippen molar-refractivity contribution in [3.05, 3.63) is 0 Å². The van der Waals surface area contributed by atoms with Gasteiger partial charge < -0.3 is 15.5 Å². The maximum Gasteiger partial charge on any atom is 0.223 e. The van der Waals surface area contributed by atoms with Crippen molar-refractivity contribution < 1.29 is 4.79 Å². The Morgan fingerprint density at radius 2 is 1.55 bits per heavy atom. The van der Waals surface area contributed by atoms with Gasteiger partial charge in [-0.1, -0.05) is 25.7 Å². The first kappa shape index (κ1) is 22.0. The Kier molecular flexibility index (Phi) is 12.4. The maximum atomic E-state index is 12.1. The van der Waals surface area contributed by atoms with Crippen LogP contribution in [0.1, 0.15) is 51.4 Å². The van der Waals surface area contributed by atoms with Crippen molar-refractivity contribution in [1.82, 2.24) is 15.5 Å². The second-order valence-electron chi connectivity index (χ2n) is 6.51. The molecule has 2 aliphatic rings. The predicted molar refractivity (Wildman–Crippen MR) is 97.2 cm³/mol. The van der Waals surface area contributed by atoms with Gasteiger partial charge in [-0.3, -0.25) is 4.79 Å². The number of likely N-dealkylation sites (tertiary alicyclic amines) is 1. The van der Waals surface area contributed by atoms with Gasteiger partial charge in [0.05, 0.1) is 0 Å². The standard InChI is InChI=1S/C16H31N3O.2ClH/c1-19-12-8-14(9-13-19)16(20)18-11-10-17-15-6-4-2-3-5-7-15;;/h14-15,17H,2-13H2,1H3,(H,18,20);2*1H. The summed E-state index contributed by atoms with van der Waals surface area (Å²) >= 11 is 0. The molecule has 1 heterocycles. The summed E-state index contributed by atoms with van der Waals surface area (Å²) in [7, 11) is 2.13. The number of amides is 1. The van der Waals surface area contributed by atoms with Gasteiger partial charge in [0.2, 0.25) is 5.91 Å². The molecule has 1 aliphatic carbocycles. The van der Waals surface area contributed by atoms with E-state index in [-0.39, 0.29) is 36.6 Å². The van der Waals surface area contributed by atoms with E-state index < -0.39 is 0 Å². The Morgan fingerprint density at radius 1 is 0.955 bits per heavy atom. The van der Waals surface area contributed by atoms with Crippen molar-refractivity contribution >= 4 is 30.7 Å². The molecule has 0 aromatic heterocycles. The first-order valence-corrected chi connectivity index (χ1v) is 8.45. The van der Waals surface area contributed by atoms with Crippen LogP contribution in [-0.2, 0) is 4.79 Å². The number of halogens is 2. The average Bonchev–Trinajstić information content (AvgIpc) is 2.73. The van der Waals surface area contributed by atoms with Crippen LogP contribution >= 0.6 is 24.8 Å². The summed E-state index contributed by atoms with van der Waals surface area (Å²) < 4.78 is 0. The van der Waals surface area contributed by atoms with Crippen LogP contribution in [0.3, 0.4) is 0 Å². The fraction of sp³-hybridized carbons (Fsp3) is 0.938. The van der Waals surface area contributed by atoms with E-state index >= 15 is 0 Å². The summed E-state index contributed by atoms with van der Waals surface area (Å²) in [5, 5.41) is 6.71. The third-order valence-corrected chi connectivity index (χ3v) is 4.80. The molecular formula is C16H33Cl2N3O. The van der Waals surface area contributed by atoms with E-state index in [0.29, 0.717) is 6.04 Å². The quantitative estimate of drug-likeness (QED) is 0.589. The molecule has 6 heteroatoms. The van der Waals surface area contributed by atoms with E-state index in [9.17, 15) is 4.79 Å². The number of nitrogens with one attached hydrogen (secondary N) is 2. The van der Waals surface area contributed by atoms with Crippen molar-refractivity contribution in [3.8, 4) is 0 Å². The lowest BCUT2D eigenvalue weighted by atomic mass is 9.96. The number of rotatable bonds is 5. The van der Waals surface area contributed by atoms with E-state index in [1.807, 2.05) is 0 Å². The highest BCUT2D eigenvalue weighted by Crippen LogP contribution is 2.17. The molecule has 2 fully saturated rings. The molecule has 1 aliphatic heterocycles. The normalized spacial score (nSPS) is 21.3. The van der Waals surface area contributed by atoms with Crippen LogP contribution in [0.15, 0.2) is 0 Å². The van der Waals surface area contributed by atoms with Gasteiger partial charge in [0, 0.05) is 25.0 Å². The zero-order chi connectivity index (χ0) is 14.2. The highest BCUT2D eigenvalue weighted by atomic mass is 35.5. The van der Waals surface area contributed by atoms with Crippen molar-refractivity contribution in [1.29, 1.82) is 0 Å². The minimum atomic E-state index is 0. The topological polar surface area (TPSA) is 44.4 Å². The number of carbonyl (C=O) groups is 1. The summed E-state index contributed by atoms with van der Waals surface area (Å²) in [6, 6.07) is 0.678. The molecule has 0 radical (unpaired) electrons. The van der Waals surface area contributed by atoms with Crippen molar-refractivity contribution in [2.24, 2.45) is 5.92 Å². The molecule has 1 saturated heterocycles. The van der Waals surface area contributed by atoms with Crippen LogP contribution in [-0.4, -0.2) is 50.1 Å². The van der Waals surface area contributed by atoms with Crippen molar-refractivity contribution in [2.75, 3.05) is 33.2 Å². The fourth-order valence-electron chi connectivity index (χ4n) is 3.36. The van der Waals surface area contributed by atoms with Crippen LogP contribution in [0.4, 0.5) is 0 Å². The van der Waals surface area contributed by atoms with Gasteiger partial charge in [-0.2, -0.15) is 0 Å². The minimum absolute atomic E-state index is 0. The summed E-state index contributed by atoms with van der Waals surface area (Å²) in [6.07, 6.45) is 10.2. The fourth-order valence-corrected chi connectivity index (χ4v) is 3.36. The van der Waals surface area contributed by atoms with Gasteiger partial charge in [0.25, 0.3) is 0 Å². The Morgan fingerprint density at radius 3 is 2.14 bits per heavy atom. The average molecular weight is 354 g/mol. The molecule has 132 valence electrons. The van der Waals surface area contributed by atoms with Crippen LogP contribution in [0.25, 0.3) is 0 Å². The maximum absolute atomic E-state index is 12.1. The zero-order valence-corrected chi connectivity index (χ0v) is 15.4. The number of hydrogen-bond donors (Lipinski definition) is 2. The van der Waals surface area contributed by atoms with Gasteiger partial charge in [-0.15, -0.1) is 24.8 Å². The number of hydrogen-bond acceptors (Lipinski definition) is 3. The highest BCUT2D eigenvalue weighted by Gasteiger charge is 2.22.